The molecule has 9 aromatic rings. The van der Waals surface area contributed by atoms with Crippen LogP contribution in [0.3, 0.4) is 0 Å². The lowest BCUT2D eigenvalue weighted by Gasteiger charge is -2.24. The zero-order valence-electron chi connectivity index (χ0n) is 28.4. The molecular formula is C48H33N3. The molecule has 0 radical (unpaired) electrons. The predicted octanol–water partition coefficient (Wildman–Crippen LogP) is 12.3. The lowest BCUT2D eigenvalue weighted by molar-refractivity contribution is 0.666. The summed E-state index contributed by atoms with van der Waals surface area (Å²) >= 11 is 0. The third kappa shape index (κ3) is 4.62. The molecule has 0 spiro atoms. The minimum Gasteiger partial charge on any atom is -0.208 e. The molecule has 0 bridgehead atoms. The molecule has 240 valence electrons. The summed E-state index contributed by atoms with van der Waals surface area (Å²) < 4.78 is 0. The van der Waals surface area contributed by atoms with Crippen LogP contribution in [0, 0.1) is 0 Å². The highest BCUT2D eigenvalue weighted by molar-refractivity contribution is 6.15. The van der Waals surface area contributed by atoms with Gasteiger partial charge in [-0.2, -0.15) is 0 Å². The Morgan fingerprint density at radius 1 is 0.392 bits per heavy atom. The van der Waals surface area contributed by atoms with E-state index in [0.717, 1.165) is 33.2 Å². The molecule has 0 atom stereocenters. The number of benzene rings is 8. The minimum absolute atomic E-state index is 0.189. The van der Waals surface area contributed by atoms with E-state index in [-0.39, 0.29) is 5.41 Å². The van der Waals surface area contributed by atoms with Gasteiger partial charge in [-0.05, 0) is 83.9 Å². The Balaban J connectivity index is 1.29. The summed E-state index contributed by atoms with van der Waals surface area (Å²) in [7, 11) is 0. The fraction of sp³-hybridized carbons (Fsp3) is 0.0625. The third-order valence-electron chi connectivity index (χ3n) is 10.6. The van der Waals surface area contributed by atoms with Crippen LogP contribution in [0.5, 0.6) is 0 Å². The van der Waals surface area contributed by atoms with E-state index in [4.69, 9.17) is 15.0 Å². The average molecular weight is 652 g/mol. The molecule has 3 heteroatoms. The van der Waals surface area contributed by atoms with E-state index in [2.05, 4.69) is 159 Å². The Morgan fingerprint density at radius 2 is 0.980 bits per heavy atom. The summed E-state index contributed by atoms with van der Waals surface area (Å²) in [6.07, 6.45) is 0. The SMILES string of the molecule is CC1(C)c2ccccc2-c2c(-c3nc(-c4ccccc4)nc(-c4cc(-c5ccccc5)c5c(ccc6ccccc65)c4)n3)cc3ccccc3c21. The van der Waals surface area contributed by atoms with Crippen molar-refractivity contribution in [3.05, 3.63) is 175 Å². The number of aromatic nitrogens is 3. The molecule has 8 aromatic carbocycles. The molecule has 51 heavy (non-hydrogen) atoms. The van der Waals surface area contributed by atoms with E-state index in [0.29, 0.717) is 17.5 Å². The molecule has 3 nitrogen and oxygen atoms in total. The fourth-order valence-corrected chi connectivity index (χ4v) is 8.30. The van der Waals surface area contributed by atoms with Crippen LogP contribution in [0.15, 0.2) is 164 Å². The zero-order valence-corrected chi connectivity index (χ0v) is 28.4. The van der Waals surface area contributed by atoms with E-state index in [1.807, 2.05) is 18.2 Å². The summed E-state index contributed by atoms with van der Waals surface area (Å²) in [5.74, 6) is 1.98. The van der Waals surface area contributed by atoms with Crippen LogP contribution >= 0.6 is 0 Å². The molecule has 1 aromatic heterocycles. The van der Waals surface area contributed by atoms with Crippen LogP contribution in [0.2, 0.25) is 0 Å². The monoisotopic (exact) mass is 651 g/mol. The van der Waals surface area contributed by atoms with Crippen molar-refractivity contribution in [2.24, 2.45) is 0 Å². The van der Waals surface area contributed by atoms with Crippen LogP contribution < -0.4 is 0 Å². The second-order valence-electron chi connectivity index (χ2n) is 14.0. The lowest BCUT2D eigenvalue weighted by Crippen LogP contribution is -2.15. The molecule has 0 saturated carbocycles. The second kappa shape index (κ2) is 11.3. The normalized spacial score (nSPS) is 13.1. The van der Waals surface area contributed by atoms with Crippen molar-refractivity contribution in [1.29, 1.82) is 0 Å². The molecule has 0 saturated heterocycles. The topological polar surface area (TPSA) is 38.7 Å². The molecule has 0 N–H and O–H groups in total. The van der Waals surface area contributed by atoms with Gasteiger partial charge in [0, 0.05) is 22.1 Å². The smallest absolute Gasteiger partial charge is 0.164 e. The van der Waals surface area contributed by atoms with Gasteiger partial charge in [-0.3, -0.25) is 0 Å². The molecular weight excluding hydrogens is 619 g/mol. The van der Waals surface area contributed by atoms with Crippen LogP contribution in [0.1, 0.15) is 25.0 Å². The molecule has 0 unspecified atom stereocenters. The van der Waals surface area contributed by atoms with Gasteiger partial charge in [0.25, 0.3) is 0 Å². The van der Waals surface area contributed by atoms with Crippen LogP contribution in [-0.4, -0.2) is 15.0 Å². The third-order valence-corrected chi connectivity index (χ3v) is 10.6. The van der Waals surface area contributed by atoms with Crippen molar-refractivity contribution >= 4 is 32.3 Å². The highest BCUT2D eigenvalue weighted by atomic mass is 15.0. The summed E-state index contributed by atoms with van der Waals surface area (Å²) in [6.45, 7) is 4.68. The van der Waals surface area contributed by atoms with Crippen LogP contribution in [-0.2, 0) is 5.41 Å². The Kier molecular flexibility index (Phi) is 6.53. The first kappa shape index (κ1) is 29.5. The van der Waals surface area contributed by atoms with Gasteiger partial charge in [-0.15, -0.1) is 0 Å². The highest BCUT2D eigenvalue weighted by Gasteiger charge is 2.39. The van der Waals surface area contributed by atoms with Crippen molar-refractivity contribution in [3.63, 3.8) is 0 Å². The van der Waals surface area contributed by atoms with E-state index >= 15 is 0 Å². The van der Waals surface area contributed by atoms with Gasteiger partial charge in [0.1, 0.15) is 0 Å². The number of nitrogens with zero attached hydrogens (tertiary/aromatic N) is 3. The van der Waals surface area contributed by atoms with E-state index in [1.54, 1.807) is 0 Å². The summed E-state index contributed by atoms with van der Waals surface area (Å²) in [4.78, 5) is 15.9. The van der Waals surface area contributed by atoms with E-state index in [9.17, 15) is 0 Å². The van der Waals surface area contributed by atoms with Crippen molar-refractivity contribution in [3.8, 4) is 56.4 Å². The first-order valence-electron chi connectivity index (χ1n) is 17.5. The number of rotatable bonds is 4. The molecule has 0 amide bonds. The number of hydrogen-bond donors (Lipinski definition) is 0. The molecule has 1 heterocycles. The minimum atomic E-state index is -0.189. The maximum absolute atomic E-state index is 5.39. The molecule has 0 aliphatic heterocycles. The first-order valence-corrected chi connectivity index (χ1v) is 17.5. The maximum atomic E-state index is 5.39. The Bertz CT molecular complexity index is 2820. The maximum Gasteiger partial charge on any atom is 0.164 e. The van der Waals surface area contributed by atoms with Crippen molar-refractivity contribution in [1.82, 2.24) is 15.0 Å². The zero-order chi connectivity index (χ0) is 34.1. The average Bonchev–Trinajstić information content (AvgIpc) is 3.44. The summed E-state index contributed by atoms with van der Waals surface area (Å²) in [6, 6.07) is 58.3. The van der Waals surface area contributed by atoms with Gasteiger partial charge >= 0.3 is 0 Å². The Labute approximate surface area is 297 Å². The molecule has 10 rings (SSSR count). The van der Waals surface area contributed by atoms with Gasteiger partial charge in [0.15, 0.2) is 17.5 Å². The van der Waals surface area contributed by atoms with E-state index < -0.39 is 0 Å². The van der Waals surface area contributed by atoms with Crippen LogP contribution in [0.4, 0.5) is 0 Å². The van der Waals surface area contributed by atoms with Gasteiger partial charge in [-0.25, -0.2) is 15.0 Å². The lowest BCUT2D eigenvalue weighted by atomic mass is 9.79. The molecule has 1 aliphatic carbocycles. The fourth-order valence-electron chi connectivity index (χ4n) is 8.30. The Hall–Kier alpha value is -6.45. The second-order valence-corrected chi connectivity index (χ2v) is 14.0. The highest BCUT2D eigenvalue weighted by Crippen LogP contribution is 2.54. The number of fused-ring (bicyclic) bond motifs is 8. The summed E-state index contributed by atoms with van der Waals surface area (Å²) in [5, 5.41) is 7.28. The largest absolute Gasteiger partial charge is 0.208 e. The molecule has 0 fully saturated rings. The van der Waals surface area contributed by atoms with Crippen molar-refractivity contribution < 1.29 is 0 Å². The van der Waals surface area contributed by atoms with Crippen molar-refractivity contribution in [2.75, 3.05) is 0 Å². The standard InChI is InChI=1S/C48H33N3/c1-48(2)41-24-14-13-23-38(41)43-40(28-33-20-10-12-22-37(33)44(43)48)47-50-45(32-18-7-4-8-19-32)49-46(51-47)35-27-34-26-25-31-17-9-11-21-36(31)42(34)39(29-35)30-15-5-3-6-16-30/h3-29H,1-2H3. The predicted molar refractivity (Wildman–Crippen MR) is 212 cm³/mol. The van der Waals surface area contributed by atoms with Gasteiger partial charge < -0.3 is 0 Å². The Morgan fingerprint density at radius 3 is 1.76 bits per heavy atom. The molecule has 1 aliphatic rings. The van der Waals surface area contributed by atoms with Gasteiger partial charge in [0.05, 0.1) is 0 Å². The van der Waals surface area contributed by atoms with Gasteiger partial charge in [-0.1, -0.05) is 159 Å². The van der Waals surface area contributed by atoms with Crippen LogP contribution in [0.25, 0.3) is 88.7 Å². The first-order chi connectivity index (χ1) is 25.0. The van der Waals surface area contributed by atoms with Crippen molar-refractivity contribution in [2.45, 2.75) is 19.3 Å². The van der Waals surface area contributed by atoms with E-state index in [1.165, 1.54) is 49.2 Å². The quantitative estimate of drug-likeness (QED) is 0.178. The summed E-state index contributed by atoms with van der Waals surface area (Å²) in [5.41, 5.74) is 10.2. The number of hydrogen-bond acceptors (Lipinski definition) is 3. The van der Waals surface area contributed by atoms with Gasteiger partial charge in [0.2, 0.25) is 0 Å².